The molecular weight excluding hydrogens is 502 g/mol. The minimum atomic E-state index is -0.406. The summed E-state index contributed by atoms with van der Waals surface area (Å²) in [6, 6.07) is 1.73. The fraction of sp³-hybridized carbons (Fsp3) is 0.879. The molecule has 0 saturated carbocycles. The van der Waals surface area contributed by atoms with Crippen LogP contribution in [0.25, 0.3) is 0 Å². The van der Waals surface area contributed by atoms with Crippen molar-refractivity contribution in [3.8, 4) is 0 Å². The van der Waals surface area contributed by atoms with Crippen LogP contribution in [0.15, 0.2) is 12.3 Å². The molecule has 4 atom stereocenters. The third kappa shape index (κ3) is 15.0. The van der Waals surface area contributed by atoms with Crippen LogP contribution in [0.3, 0.4) is 0 Å². The van der Waals surface area contributed by atoms with Gasteiger partial charge in [0.15, 0.2) is 0 Å². The van der Waals surface area contributed by atoms with Crippen LogP contribution in [-0.4, -0.2) is 56.9 Å². The van der Waals surface area contributed by atoms with E-state index in [1.165, 1.54) is 83.5 Å². The largest absolute Gasteiger partial charge is 0.390 e. The molecule has 40 heavy (non-hydrogen) atoms. The number of carbonyl (C=O) groups is 1. The number of nitrogens with zero attached hydrogens (tertiary/aromatic N) is 2. The van der Waals surface area contributed by atoms with E-state index in [1.54, 1.807) is 24.0 Å². The first-order valence-electron chi connectivity index (χ1n) is 16.8. The standard InChI is InChI=1S/C33H61N3O4/c1-3-4-5-6-7-8-9-12-15-18-21-29(37)31-23-24-32(40-31)30(38)22-19-16-13-10-11-14-17-20-26-34-33(39)28-25-27-35-36(28)2/h25,27,29-32,37-38H,3-24,26H2,1-2H3,(H,34,39)/t29-,30-,31-,32-/m1/s1. The molecule has 0 spiro atoms. The number of hydrogen-bond donors (Lipinski definition) is 3. The second-order valence-corrected chi connectivity index (χ2v) is 12.1. The summed E-state index contributed by atoms with van der Waals surface area (Å²) in [6.45, 7) is 2.97. The van der Waals surface area contributed by atoms with Gasteiger partial charge in [0.05, 0.1) is 24.4 Å². The van der Waals surface area contributed by atoms with Crippen LogP contribution in [0, 0.1) is 0 Å². The van der Waals surface area contributed by atoms with Crippen LogP contribution in [0.5, 0.6) is 0 Å². The maximum absolute atomic E-state index is 12.0. The van der Waals surface area contributed by atoms with Gasteiger partial charge in [0.25, 0.3) is 5.91 Å². The van der Waals surface area contributed by atoms with Gasteiger partial charge in [-0.15, -0.1) is 0 Å². The van der Waals surface area contributed by atoms with Crippen LogP contribution < -0.4 is 5.32 Å². The quantitative estimate of drug-likeness (QED) is 0.109. The van der Waals surface area contributed by atoms with Gasteiger partial charge in [-0.05, 0) is 38.2 Å². The minimum Gasteiger partial charge on any atom is -0.390 e. The Balaban J connectivity index is 1.36. The number of amides is 1. The highest BCUT2D eigenvalue weighted by atomic mass is 16.5. The number of aryl methyl sites for hydroxylation is 1. The lowest BCUT2D eigenvalue weighted by atomic mass is 10.00. The minimum absolute atomic E-state index is 0.0544. The monoisotopic (exact) mass is 563 g/mol. The van der Waals surface area contributed by atoms with Gasteiger partial charge < -0.3 is 20.3 Å². The zero-order chi connectivity index (χ0) is 28.8. The molecule has 1 aromatic heterocycles. The van der Waals surface area contributed by atoms with Gasteiger partial charge in [0.2, 0.25) is 0 Å². The number of aromatic nitrogens is 2. The molecule has 1 aromatic rings. The highest BCUT2D eigenvalue weighted by Crippen LogP contribution is 2.28. The number of rotatable bonds is 25. The van der Waals surface area contributed by atoms with Crippen molar-refractivity contribution in [1.82, 2.24) is 15.1 Å². The zero-order valence-electron chi connectivity index (χ0n) is 25.8. The summed E-state index contributed by atoms with van der Waals surface area (Å²) in [7, 11) is 1.78. The number of aliphatic hydroxyl groups excluding tert-OH is 2. The predicted molar refractivity (Wildman–Crippen MR) is 163 cm³/mol. The van der Waals surface area contributed by atoms with E-state index in [-0.39, 0.29) is 24.2 Å². The molecule has 0 aliphatic carbocycles. The number of aliphatic hydroxyl groups is 2. The molecule has 7 nitrogen and oxygen atoms in total. The summed E-state index contributed by atoms with van der Waals surface area (Å²) in [6.07, 6.45) is 26.2. The second-order valence-electron chi connectivity index (χ2n) is 12.1. The van der Waals surface area contributed by atoms with Crippen molar-refractivity contribution >= 4 is 5.91 Å². The first kappa shape index (κ1) is 34.8. The van der Waals surface area contributed by atoms with E-state index >= 15 is 0 Å². The third-order valence-corrected chi connectivity index (χ3v) is 8.56. The van der Waals surface area contributed by atoms with E-state index in [0.717, 1.165) is 57.8 Å². The molecule has 0 unspecified atom stereocenters. The van der Waals surface area contributed by atoms with Gasteiger partial charge in [0, 0.05) is 19.8 Å². The molecule has 0 radical (unpaired) electrons. The van der Waals surface area contributed by atoms with Gasteiger partial charge in [-0.2, -0.15) is 5.10 Å². The van der Waals surface area contributed by atoms with Crippen LogP contribution in [-0.2, 0) is 11.8 Å². The lowest BCUT2D eigenvalue weighted by Gasteiger charge is -2.22. The normalized spacial score (nSPS) is 18.7. The Labute approximate surface area is 244 Å². The molecule has 1 aliphatic rings. The van der Waals surface area contributed by atoms with Crippen LogP contribution >= 0.6 is 0 Å². The summed E-state index contributed by atoms with van der Waals surface area (Å²) in [5.41, 5.74) is 0.599. The predicted octanol–water partition coefficient (Wildman–Crippen LogP) is 7.24. The fourth-order valence-corrected chi connectivity index (χ4v) is 5.90. The number of nitrogens with one attached hydrogen (secondary N) is 1. The highest BCUT2D eigenvalue weighted by molar-refractivity contribution is 5.92. The molecule has 7 heteroatoms. The summed E-state index contributed by atoms with van der Waals surface area (Å²) in [5.74, 6) is -0.0544. The molecule has 1 saturated heterocycles. The third-order valence-electron chi connectivity index (χ3n) is 8.56. The van der Waals surface area contributed by atoms with E-state index in [0.29, 0.717) is 12.2 Å². The molecule has 232 valence electrons. The number of unbranched alkanes of at least 4 members (excludes halogenated alkanes) is 16. The van der Waals surface area contributed by atoms with Gasteiger partial charge in [-0.3, -0.25) is 9.48 Å². The Hall–Kier alpha value is -1.44. The fourth-order valence-electron chi connectivity index (χ4n) is 5.90. The van der Waals surface area contributed by atoms with Crippen molar-refractivity contribution in [2.24, 2.45) is 7.05 Å². The van der Waals surface area contributed by atoms with E-state index in [1.807, 2.05) is 0 Å². The smallest absolute Gasteiger partial charge is 0.269 e. The van der Waals surface area contributed by atoms with Crippen molar-refractivity contribution in [3.05, 3.63) is 18.0 Å². The van der Waals surface area contributed by atoms with Gasteiger partial charge >= 0.3 is 0 Å². The highest BCUT2D eigenvalue weighted by Gasteiger charge is 2.33. The number of ether oxygens (including phenoxy) is 1. The number of carbonyl (C=O) groups excluding carboxylic acids is 1. The molecule has 2 heterocycles. The first-order valence-corrected chi connectivity index (χ1v) is 16.8. The van der Waals surface area contributed by atoms with Gasteiger partial charge in [0.1, 0.15) is 5.69 Å². The van der Waals surface area contributed by atoms with Crippen LogP contribution in [0.2, 0.25) is 0 Å². The van der Waals surface area contributed by atoms with E-state index < -0.39 is 6.10 Å². The molecule has 3 N–H and O–H groups in total. The summed E-state index contributed by atoms with van der Waals surface area (Å²) in [5, 5.41) is 28.2. The maximum atomic E-state index is 12.0. The van der Waals surface area contributed by atoms with Gasteiger partial charge in [-0.25, -0.2) is 0 Å². The van der Waals surface area contributed by atoms with Crippen molar-refractivity contribution < 1.29 is 19.7 Å². The topological polar surface area (TPSA) is 96.6 Å². The van der Waals surface area contributed by atoms with Crippen LogP contribution in [0.4, 0.5) is 0 Å². The van der Waals surface area contributed by atoms with Gasteiger partial charge in [-0.1, -0.05) is 116 Å². The summed E-state index contributed by atoms with van der Waals surface area (Å²) < 4.78 is 7.67. The van der Waals surface area contributed by atoms with Crippen molar-refractivity contribution in [2.75, 3.05) is 6.54 Å². The molecule has 0 aromatic carbocycles. The lowest BCUT2D eigenvalue weighted by molar-refractivity contribution is -0.0786. The average Bonchev–Trinajstić information content (AvgIpc) is 3.62. The molecule has 2 rings (SSSR count). The van der Waals surface area contributed by atoms with Crippen molar-refractivity contribution in [2.45, 2.75) is 173 Å². The number of hydrogen-bond acceptors (Lipinski definition) is 5. The zero-order valence-corrected chi connectivity index (χ0v) is 25.8. The van der Waals surface area contributed by atoms with Crippen LogP contribution in [0.1, 0.15) is 159 Å². The first-order chi connectivity index (χ1) is 19.5. The summed E-state index contributed by atoms with van der Waals surface area (Å²) >= 11 is 0. The molecule has 1 fully saturated rings. The Kier molecular flexibility index (Phi) is 19.3. The SMILES string of the molecule is CCCCCCCCCCCC[C@@H](O)[C@H]1CC[C@H]([C@H](O)CCCCCCCCCCNC(=O)c2ccnn2C)O1. The molecular formula is C33H61N3O4. The Morgan fingerprint density at radius 2 is 1.27 bits per heavy atom. The Morgan fingerprint density at radius 1 is 0.825 bits per heavy atom. The van der Waals surface area contributed by atoms with E-state index in [9.17, 15) is 15.0 Å². The lowest BCUT2D eigenvalue weighted by Crippen LogP contribution is -2.31. The van der Waals surface area contributed by atoms with E-state index in [2.05, 4.69) is 17.3 Å². The maximum Gasteiger partial charge on any atom is 0.269 e. The second kappa shape index (κ2) is 22.2. The Morgan fingerprint density at radius 3 is 1.73 bits per heavy atom. The molecule has 1 aliphatic heterocycles. The Bertz CT molecular complexity index is 756. The van der Waals surface area contributed by atoms with Crippen molar-refractivity contribution in [3.63, 3.8) is 0 Å². The average molecular weight is 564 g/mol. The van der Waals surface area contributed by atoms with E-state index in [4.69, 9.17) is 4.74 Å². The summed E-state index contributed by atoms with van der Waals surface area (Å²) in [4.78, 5) is 12.0. The molecule has 0 bridgehead atoms. The molecule has 1 amide bonds. The van der Waals surface area contributed by atoms with Crippen molar-refractivity contribution in [1.29, 1.82) is 0 Å².